The molecule has 2 N–H and O–H groups in total. The third-order valence-corrected chi connectivity index (χ3v) is 6.65. The Morgan fingerprint density at radius 2 is 1.98 bits per heavy atom. The molecule has 1 atom stereocenters. The van der Waals surface area contributed by atoms with Crippen molar-refractivity contribution in [2.24, 2.45) is 0 Å². The molecule has 0 aliphatic carbocycles. The third kappa shape index (κ3) is 6.63. The Kier molecular flexibility index (Phi) is 8.06. The normalized spacial score (nSPS) is 15.8. The highest BCUT2D eigenvalue weighted by atomic mass is 19.4. The van der Waals surface area contributed by atoms with Gasteiger partial charge in [-0.05, 0) is 67.1 Å². The summed E-state index contributed by atoms with van der Waals surface area (Å²) >= 11 is 0. The average molecular weight is 548 g/mol. The summed E-state index contributed by atoms with van der Waals surface area (Å²) in [5.74, 6) is 0.767. The summed E-state index contributed by atoms with van der Waals surface area (Å²) in [5.41, 5.74) is 2.75. The second-order valence-electron chi connectivity index (χ2n) is 9.65. The Morgan fingerprint density at radius 1 is 1.10 bits per heavy atom. The zero-order chi connectivity index (χ0) is 28.1. The van der Waals surface area contributed by atoms with E-state index in [0.717, 1.165) is 36.9 Å². The van der Waals surface area contributed by atoms with Crippen molar-refractivity contribution >= 4 is 22.5 Å². The SMILES string of the molecule is Cc1ccc2c(CC(=O)/C=C/C(F)(F)F)cccc2c1Oc1ncccc1-c1ccnc(N[C@H]2CCCNC2)n1. The highest BCUT2D eigenvalue weighted by molar-refractivity contribution is 5.98. The molecule has 0 radical (unpaired) electrons. The van der Waals surface area contributed by atoms with Crippen LogP contribution in [0.2, 0.25) is 0 Å². The Balaban J connectivity index is 1.45. The molecule has 10 heteroatoms. The largest absolute Gasteiger partial charge is 0.437 e. The number of nitrogens with zero attached hydrogens (tertiary/aromatic N) is 3. The number of halogens is 3. The van der Waals surface area contributed by atoms with Crippen LogP contribution >= 0.6 is 0 Å². The lowest BCUT2D eigenvalue weighted by atomic mass is 9.98. The Bertz CT molecular complexity index is 1550. The monoisotopic (exact) mass is 547 g/mol. The Labute approximate surface area is 229 Å². The minimum atomic E-state index is -4.54. The number of anilines is 1. The first-order chi connectivity index (χ1) is 19.3. The molecule has 1 saturated heterocycles. The maximum Gasteiger partial charge on any atom is 0.409 e. The molecule has 5 rings (SSSR count). The molecule has 40 heavy (non-hydrogen) atoms. The zero-order valence-corrected chi connectivity index (χ0v) is 21.8. The standard InChI is InChI=1S/C30H28F3N5O2/c1-19-9-10-23-20(17-22(39)11-13-30(31,32)33)5-2-7-24(23)27(19)40-28-25(8-4-15-35-28)26-12-16-36-29(38-26)37-21-6-3-14-34-18-21/h2,4-5,7-13,15-16,21,34H,3,6,14,17-18H2,1H3,(H,36,37,38)/b13-11+/t21-/m0/s1. The molecule has 1 aliphatic heterocycles. The van der Waals surface area contributed by atoms with E-state index in [1.807, 2.05) is 31.2 Å². The molecule has 1 fully saturated rings. The minimum Gasteiger partial charge on any atom is -0.437 e. The molecule has 7 nitrogen and oxygen atoms in total. The van der Waals surface area contributed by atoms with Crippen molar-refractivity contribution in [3.05, 3.63) is 84.2 Å². The van der Waals surface area contributed by atoms with E-state index < -0.39 is 12.0 Å². The maximum absolute atomic E-state index is 12.5. The number of rotatable bonds is 8. The summed E-state index contributed by atoms with van der Waals surface area (Å²) in [7, 11) is 0. The highest BCUT2D eigenvalue weighted by Gasteiger charge is 2.23. The number of ketones is 1. The van der Waals surface area contributed by atoms with Crippen molar-refractivity contribution in [2.75, 3.05) is 18.4 Å². The van der Waals surface area contributed by atoms with Crippen LogP contribution in [0.3, 0.4) is 0 Å². The molecule has 0 amide bonds. The van der Waals surface area contributed by atoms with Gasteiger partial charge >= 0.3 is 6.18 Å². The number of carbonyl (C=O) groups excluding carboxylic acids is 1. The molecule has 3 heterocycles. The van der Waals surface area contributed by atoms with E-state index in [0.29, 0.717) is 45.9 Å². The van der Waals surface area contributed by atoms with Gasteiger partial charge in [-0.1, -0.05) is 30.3 Å². The predicted octanol–water partition coefficient (Wildman–Crippen LogP) is 6.19. The summed E-state index contributed by atoms with van der Waals surface area (Å²) in [6.45, 7) is 3.75. The molecule has 4 aromatic rings. The topological polar surface area (TPSA) is 89.0 Å². The quantitative estimate of drug-likeness (QED) is 0.255. The number of ether oxygens (including phenoxy) is 1. The van der Waals surface area contributed by atoms with Gasteiger partial charge in [0, 0.05) is 42.9 Å². The number of nitrogens with one attached hydrogen (secondary N) is 2. The van der Waals surface area contributed by atoms with Crippen LogP contribution in [0.5, 0.6) is 11.6 Å². The lowest BCUT2D eigenvalue weighted by molar-refractivity contribution is -0.114. The molecular formula is C30H28F3N5O2. The van der Waals surface area contributed by atoms with Gasteiger partial charge < -0.3 is 15.4 Å². The number of aryl methyl sites for hydroxylation is 1. The van der Waals surface area contributed by atoms with E-state index >= 15 is 0 Å². The number of piperidine rings is 1. The smallest absolute Gasteiger partial charge is 0.409 e. The average Bonchev–Trinajstić information content (AvgIpc) is 2.94. The fourth-order valence-corrected chi connectivity index (χ4v) is 4.73. The lowest BCUT2D eigenvalue weighted by Crippen LogP contribution is -2.38. The Hall–Kier alpha value is -4.31. The van der Waals surface area contributed by atoms with Gasteiger partial charge in [0.05, 0.1) is 11.3 Å². The van der Waals surface area contributed by atoms with Crippen LogP contribution in [0.1, 0.15) is 24.0 Å². The van der Waals surface area contributed by atoms with Crippen molar-refractivity contribution in [1.29, 1.82) is 0 Å². The lowest BCUT2D eigenvalue weighted by Gasteiger charge is -2.23. The molecule has 1 aliphatic rings. The maximum atomic E-state index is 12.5. The van der Waals surface area contributed by atoms with E-state index in [-0.39, 0.29) is 18.5 Å². The van der Waals surface area contributed by atoms with Gasteiger partial charge in [-0.25, -0.2) is 15.0 Å². The second-order valence-corrected chi connectivity index (χ2v) is 9.65. The Morgan fingerprint density at radius 3 is 2.77 bits per heavy atom. The number of fused-ring (bicyclic) bond motifs is 1. The third-order valence-electron chi connectivity index (χ3n) is 6.65. The van der Waals surface area contributed by atoms with E-state index in [1.54, 1.807) is 36.7 Å². The van der Waals surface area contributed by atoms with Gasteiger partial charge in [0.25, 0.3) is 0 Å². The molecule has 2 aromatic carbocycles. The van der Waals surface area contributed by atoms with Gasteiger partial charge in [-0.2, -0.15) is 13.2 Å². The fourth-order valence-electron chi connectivity index (χ4n) is 4.73. The van der Waals surface area contributed by atoms with Crippen LogP contribution < -0.4 is 15.4 Å². The molecule has 0 unspecified atom stereocenters. The van der Waals surface area contributed by atoms with Crippen molar-refractivity contribution in [3.8, 4) is 22.9 Å². The molecular weight excluding hydrogens is 519 g/mol. The number of pyridine rings is 1. The minimum absolute atomic E-state index is 0.0398. The molecule has 0 bridgehead atoms. The van der Waals surface area contributed by atoms with Crippen LogP contribution in [-0.4, -0.2) is 46.0 Å². The van der Waals surface area contributed by atoms with Crippen LogP contribution in [0.15, 0.2) is 73.1 Å². The van der Waals surface area contributed by atoms with Crippen molar-refractivity contribution in [2.45, 2.75) is 38.4 Å². The first kappa shape index (κ1) is 27.3. The number of alkyl halides is 3. The number of benzene rings is 2. The second kappa shape index (κ2) is 11.8. The van der Waals surface area contributed by atoms with Crippen molar-refractivity contribution < 1.29 is 22.7 Å². The number of hydrogen-bond acceptors (Lipinski definition) is 7. The summed E-state index contributed by atoms with van der Waals surface area (Å²) in [6, 6.07) is 14.7. The summed E-state index contributed by atoms with van der Waals surface area (Å²) < 4.78 is 44.0. The van der Waals surface area contributed by atoms with E-state index in [1.165, 1.54) is 0 Å². The van der Waals surface area contributed by atoms with Crippen LogP contribution in [0.4, 0.5) is 19.1 Å². The number of hydrogen-bond donors (Lipinski definition) is 2. The highest BCUT2D eigenvalue weighted by Crippen LogP contribution is 2.37. The van der Waals surface area contributed by atoms with Gasteiger partial charge in [0.1, 0.15) is 5.75 Å². The molecule has 2 aromatic heterocycles. The van der Waals surface area contributed by atoms with Gasteiger partial charge in [-0.3, -0.25) is 4.79 Å². The summed E-state index contributed by atoms with van der Waals surface area (Å²) in [4.78, 5) is 25.8. The van der Waals surface area contributed by atoms with Crippen molar-refractivity contribution in [1.82, 2.24) is 20.3 Å². The van der Waals surface area contributed by atoms with Crippen LogP contribution in [-0.2, 0) is 11.2 Å². The van der Waals surface area contributed by atoms with Gasteiger partial charge in [-0.15, -0.1) is 0 Å². The van der Waals surface area contributed by atoms with Gasteiger partial charge in [0.15, 0.2) is 5.78 Å². The molecule has 0 spiro atoms. The zero-order valence-electron chi connectivity index (χ0n) is 21.8. The first-order valence-electron chi connectivity index (χ1n) is 13.0. The number of aromatic nitrogens is 3. The van der Waals surface area contributed by atoms with Crippen LogP contribution in [0.25, 0.3) is 22.0 Å². The van der Waals surface area contributed by atoms with Crippen molar-refractivity contribution in [3.63, 3.8) is 0 Å². The number of allylic oxidation sites excluding steroid dienone is 2. The number of carbonyl (C=O) groups is 1. The molecule has 0 saturated carbocycles. The van der Waals surface area contributed by atoms with Crippen LogP contribution in [0, 0.1) is 6.92 Å². The molecule has 206 valence electrons. The van der Waals surface area contributed by atoms with E-state index in [2.05, 4.69) is 20.6 Å². The summed E-state index contributed by atoms with van der Waals surface area (Å²) in [6.07, 6.45) is 1.26. The summed E-state index contributed by atoms with van der Waals surface area (Å²) in [5, 5.41) is 8.19. The van der Waals surface area contributed by atoms with E-state index in [9.17, 15) is 18.0 Å². The predicted molar refractivity (Wildman–Crippen MR) is 147 cm³/mol. The van der Waals surface area contributed by atoms with E-state index in [4.69, 9.17) is 9.72 Å². The van der Waals surface area contributed by atoms with Gasteiger partial charge in [0.2, 0.25) is 11.8 Å². The first-order valence-corrected chi connectivity index (χ1v) is 13.0. The fraction of sp³-hybridized carbons (Fsp3) is 0.267.